The molecule has 0 saturated carbocycles. The van der Waals surface area contributed by atoms with Gasteiger partial charge in [-0.05, 0) is 11.6 Å². The summed E-state index contributed by atoms with van der Waals surface area (Å²) in [5.41, 5.74) is 0.846. The molecule has 3 rings (SSSR count). The lowest BCUT2D eigenvalue weighted by Crippen LogP contribution is -2.38. The molecule has 7 heteroatoms. The molecule has 0 aromatic heterocycles. The molecule has 0 aliphatic carbocycles. The van der Waals surface area contributed by atoms with E-state index < -0.39 is 11.9 Å². The summed E-state index contributed by atoms with van der Waals surface area (Å²) in [6.45, 7) is 2.37. The molecular formula is C17H23BrO5S. The van der Waals surface area contributed by atoms with Crippen LogP contribution in [0.3, 0.4) is 0 Å². The second-order valence-corrected chi connectivity index (χ2v) is 7.63. The van der Waals surface area contributed by atoms with E-state index in [0.29, 0.717) is 38.2 Å². The highest BCUT2D eigenvalue weighted by Gasteiger charge is 2.44. The molecule has 1 aromatic carbocycles. The zero-order valence-electron chi connectivity index (χ0n) is 13.5. The largest absolute Gasteiger partial charge is 0.383 e. The second-order valence-electron chi connectivity index (χ2n) is 5.70. The van der Waals surface area contributed by atoms with Crippen LogP contribution < -0.4 is 0 Å². The fourth-order valence-corrected chi connectivity index (χ4v) is 4.56. The minimum atomic E-state index is -0.960. The first-order valence-corrected chi connectivity index (χ1v) is 10.3. The molecule has 5 nitrogen and oxygen atoms in total. The van der Waals surface area contributed by atoms with Gasteiger partial charge in [0.1, 0.15) is 6.10 Å². The van der Waals surface area contributed by atoms with Gasteiger partial charge in [-0.1, -0.05) is 34.1 Å². The Morgan fingerprint density at radius 1 is 1.17 bits per heavy atom. The lowest BCUT2D eigenvalue weighted by Gasteiger charge is -2.33. The summed E-state index contributed by atoms with van der Waals surface area (Å²) in [7, 11) is 0. The van der Waals surface area contributed by atoms with Gasteiger partial charge in [0.25, 0.3) is 0 Å². The number of alkyl halides is 1. The van der Waals surface area contributed by atoms with Crippen molar-refractivity contribution in [3.63, 3.8) is 0 Å². The van der Waals surface area contributed by atoms with Crippen LogP contribution in [-0.2, 0) is 18.9 Å². The molecule has 2 fully saturated rings. The SMILES string of the molecule is OC(c1ccccc1SCCC1OCCO1)C1(CCBr)OCCO1. The van der Waals surface area contributed by atoms with Crippen molar-refractivity contribution in [3.05, 3.63) is 29.8 Å². The first-order chi connectivity index (χ1) is 11.7. The summed E-state index contributed by atoms with van der Waals surface area (Å²) >= 11 is 5.12. The zero-order valence-corrected chi connectivity index (χ0v) is 15.9. The molecule has 0 spiro atoms. The molecule has 1 unspecified atom stereocenters. The molecule has 1 atom stereocenters. The van der Waals surface area contributed by atoms with Crippen LogP contribution in [0.25, 0.3) is 0 Å². The van der Waals surface area contributed by atoms with Gasteiger partial charge in [0.15, 0.2) is 12.1 Å². The Kier molecular flexibility index (Phi) is 6.97. The maximum atomic E-state index is 11.0. The number of benzene rings is 1. The molecule has 24 heavy (non-hydrogen) atoms. The summed E-state index contributed by atoms with van der Waals surface area (Å²) < 4.78 is 22.5. The molecule has 1 N–H and O–H groups in total. The molecular weight excluding hydrogens is 396 g/mol. The first-order valence-electron chi connectivity index (χ1n) is 8.22. The summed E-state index contributed by atoms with van der Waals surface area (Å²) in [5.74, 6) is -0.0978. The minimum absolute atomic E-state index is 0.101. The van der Waals surface area contributed by atoms with Crippen LogP contribution in [0.1, 0.15) is 24.5 Å². The van der Waals surface area contributed by atoms with Gasteiger partial charge >= 0.3 is 0 Å². The van der Waals surface area contributed by atoms with Gasteiger partial charge in [0.2, 0.25) is 0 Å². The van der Waals surface area contributed by atoms with Crippen LogP contribution in [0.5, 0.6) is 0 Å². The van der Waals surface area contributed by atoms with Gasteiger partial charge in [-0.15, -0.1) is 11.8 Å². The third-order valence-electron chi connectivity index (χ3n) is 4.15. The third-order valence-corrected chi connectivity index (χ3v) is 5.67. The Bertz CT molecular complexity index is 517. The Labute approximate surface area is 155 Å². The first kappa shape index (κ1) is 18.6. The number of aliphatic hydroxyl groups is 1. The van der Waals surface area contributed by atoms with Crippen molar-refractivity contribution in [3.8, 4) is 0 Å². The Morgan fingerprint density at radius 2 is 1.88 bits per heavy atom. The molecule has 1 aromatic rings. The van der Waals surface area contributed by atoms with E-state index in [1.807, 2.05) is 24.3 Å². The lowest BCUT2D eigenvalue weighted by molar-refractivity contribution is -0.224. The molecule has 0 bridgehead atoms. The summed E-state index contributed by atoms with van der Waals surface area (Å²) in [5, 5.41) is 11.7. The molecule has 0 amide bonds. The second kappa shape index (κ2) is 8.98. The Morgan fingerprint density at radius 3 is 2.58 bits per heavy atom. The topological polar surface area (TPSA) is 57.2 Å². The van der Waals surface area contributed by atoms with Gasteiger partial charge in [0.05, 0.1) is 26.4 Å². The van der Waals surface area contributed by atoms with Crippen molar-refractivity contribution in [2.75, 3.05) is 37.5 Å². The van der Waals surface area contributed by atoms with Crippen LogP contribution in [-0.4, -0.2) is 54.7 Å². The standard InChI is InChI=1S/C17H23BrO5S/c18-7-6-17(22-10-11-23-17)16(19)13-3-1-2-4-14(13)24-12-5-15-20-8-9-21-15/h1-4,15-16,19H,5-12H2. The number of thioether (sulfide) groups is 1. The number of halogens is 1. The quantitative estimate of drug-likeness (QED) is 0.516. The normalized spacial score (nSPS) is 22.1. The molecule has 2 aliphatic heterocycles. The van der Waals surface area contributed by atoms with E-state index in [0.717, 1.165) is 22.6 Å². The molecule has 2 heterocycles. The van der Waals surface area contributed by atoms with Gasteiger partial charge in [-0.2, -0.15) is 0 Å². The van der Waals surface area contributed by atoms with Crippen molar-refractivity contribution in [1.29, 1.82) is 0 Å². The molecule has 2 aliphatic rings. The predicted molar refractivity (Wildman–Crippen MR) is 95.5 cm³/mol. The highest BCUT2D eigenvalue weighted by atomic mass is 79.9. The number of ether oxygens (including phenoxy) is 4. The summed E-state index contributed by atoms with van der Waals surface area (Å²) in [6, 6.07) is 7.88. The van der Waals surface area contributed by atoms with Crippen LogP contribution in [0.4, 0.5) is 0 Å². The van der Waals surface area contributed by atoms with Crippen LogP contribution in [0, 0.1) is 0 Å². The average molecular weight is 419 g/mol. The number of hydrogen-bond acceptors (Lipinski definition) is 6. The van der Waals surface area contributed by atoms with E-state index in [1.165, 1.54) is 0 Å². The van der Waals surface area contributed by atoms with Crippen molar-refractivity contribution in [2.45, 2.75) is 35.9 Å². The highest BCUT2D eigenvalue weighted by Crippen LogP contribution is 2.40. The van der Waals surface area contributed by atoms with Crippen molar-refractivity contribution < 1.29 is 24.1 Å². The van der Waals surface area contributed by atoms with E-state index in [-0.39, 0.29) is 6.29 Å². The minimum Gasteiger partial charge on any atom is -0.383 e. The Hall–Kier alpha value is -0.150. The highest BCUT2D eigenvalue weighted by molar-refractivity contribution is 9.09. The van der Waals surface area contributed by atoms with E-state index in [9.17, 15) is 5.11 Å². The smallest absolute Gasteiger partial charge is 0.199 e. The lowest BCUT2D eigenvalue weighted by atomic mass is 9.99. The number of rotatable bonds is 8. The summed E-state index contributed by atoms with van der Waals surface area (Å²) in [6.07, 6.45) is 0.502. The van der Waals surface area contributed by atoms with Crippen molar-refractivity contribution in [1.82, 2.24) is 0 Å². The van der Waals surface area contributed by atoms with E-state index in [2.05, 4.69) is 15.9 Å². The van der Waals surface area contributed by atoms with E-state index in [1.54, 1.807) is 11.8 Å². The number of aliphatic hydroxyl groups excluding tert-OH is 1. The fraction of sp³-hybridized carbons (Fsp3) is 0.647. The predicted octanol–water partition coefficient (Wildman–Crippen LogP) is 3.10. The van der Waals surface area contributed by atoms with E-state index in [4.69, 9.17) is 18.9 Å². The van der Waals surface area contributed by atoms with Crippen molar-refractivity contribution in [2.24, 2.45) is 0 Å². The zero-order chi connectivity index (χ0) is 16.8. The summed E-state index contributed by atoms with van der Waals surface area (Å²) in [4.78, 5) is 1.04. The fourth-order valence-electron chi connectivity index (χ4n) is 2.95. The van der Waals surface area contributed by atoms with Crippen LogP contribution in [0.15, 0.2) is 29.2 Å². The Balaban J connectivity index is 1.68. The maximum Gasteiger partial charge on any atom is 0.199 e. The van der Waals surface area contributed by atoms with Gasteiger partial charge in [0, 0.05) is 28.8 Å². The van der Waals surface area contributed by atoms with Crippen LogP contribution in [0.2, 0.25) is 0 Å². The molecule has 0 radical (unpaired) electrons. The van der Waals surface area contributed by atoms with Gasteiger partial charge in [-0.3, -0.25) is 0 Å². The number of hydrogen-bond donors (Lipinski definition) is 1. The van der Waals surface area contributed by atoms with E-state index >= 15 is 0 Å². The van der Waals surface area contributed by atoms with Crippen molar-refractivity contribution >= 4 is 27.7 Å². The monoisotopic (exact) mass is 418 g/mol. The van der Waals surface area contributed by atoms with Gasteiger partial charge in [-0.25, -0.2) is 0 Å². The third kappa shape index (κ3) is 4.33. The van der Waals surface area contributed by atoms with Crippen LogP contribution >= 0.6 is 27.7 Å². The molecule has 134 valence electrons. The van der Waals surface area contributed by atoms with Gasteiger partial charge < -0.3 is 24.1 Å². The molecule has 2 saturated heterocycles. The average Bonchev–Trinajstić information content (AvgIpc) is 3.28. The maximum absolute atomic E-state index is 11.0.